The summed E-state index contributed by atoms with van der Waals surface area (Å²) in [5, 5.41) is 11.4. The van der Waals surface area contributed by atoms with E-state index in [1.165, 1.54) is 19.3 Å². The molecule has 24 heavy (non-hydrogen) atoms. The van der Waals surface area contributed by atoms with Crippen molar-refractivity contribution in [1.29, 1.82) is 0 Å². The van der Waals surface area contributed by atoms with Gasteiger partial charge in [0.25, 0.3) is 0 Å². The maximum atomic E-state index is 13.0. The molecule has 0 spiro atoms. The zero-order chi connectivity index (χ0) is 16.5. The third-order valence-electron chi connectivity index (χ3n) is 5.79. The van der Waals surface area contributed by atoms with E-state index in [0.717, 1.165) is 53.9 Å². The fourth-order valence-corrected chi connectivity index (χ4v) is 4.09. The monoisotopic (exact) mass is 323 g/mol. The van der Waals surface area contributed by atoms with Crippen LogP contribution in [0.1, 0.15) is 48.0 Å². The summed E-state index contributed by atoms with van der Waals surface area (Å²) < 4.78 is 0. The van der Waals surface area contributed by atoms with E-state index in [2.05, 4.69) is 4.90 Å². The Labute approximate surface area is 143 Å². The van der Waals surface area contributed by atoms with Gasteiger partial charge in [0.15, 0.2) is 5.78 Å². The van der Waals surface area contributed by atoms with Gasteiger partial charge in [-0.2, -0.15) is 0 Å². The first-order chi connectivity index (χ1) is 11.7. The lowest BCUT2D eigenvalue weighted by Crippen LogP contribution is -2.47. The van der Waals surface area contributed by atoms with Gasteiger partial charge in [0, 0.05) is 24.1 Å². The molecular formula is C21H25NO2. The van der Waals surface area contributed by atoms with Gasteiger partial charge in [0.1, 0.15) is 0 Å². The number of piperidine rings is 1. The van der Waals surface area contributed by atoms with Gasteiger partial charge < -0.3 is 5.11 Å². The number of Topliss-reactive ketones (excluding diaryl/α,β-unsaturated/α-hetero) is 1. The summed E-state index contributed by atoms with van der Waals surface area (Å²) in [6.45, 7) is 2.15. The van der Waals surface area contributed by atoms with Crippen LogP contribution in [0, 0.1) is 5.92 Å². The number of nitrogens with zero attached hydrogens (tertiary/aromatic N) is 1. The number of benzene rings is 2. The molecule has 1 saturated carbocycles. The minimum atomic E-state index is 0.0513. The maximum Gasteiger partial charge on any atom is 0.167 e. The number of carbonyl (C=O) groups is 1. The third kappa shape index (κ3) is 2.99. The van der Waals surface area contributed by atoms with E-state index in [1.54, 1.807) is 0 Å². The van der Waals surface area contributed by atoms with Gasteiger partial charge in [-0.15, -0.1) is 0 Å². The van der Waals surface area contributed by atoms with Crippen LogP contribution < -0.4 is 0 Å². The van der Waals surface area contributed by atoms with Gasteiger partial charge in [-0.3, -0.25) is 9.69 Å². The van der Waals surface area contributed by atoms with E-state index >= 15 is 0 Å². The van der Waals surface area contributed by atoms with Crippen LogP contribution in [-0.4, -0.2) is 34.9 Å². The highest BCUT2D eigenvalue weighted by Crippen LogP contribution is 2.30. The second-order valence-corrected chi connectivity index (χ2v) is 7.34. The zero-order valence-corrected chi connectivity index (χ0v) is 14.1. The van der Waals surface area contributed by atoms with Crippen molar-refractivity contribution in [3.63, 3.8) is 0 Å². The lowest BCUT2D eigenvalue weighted by molar-refractivity contribution is 0.0612. The molecule has 2 aliphatic rings. The fraction of sp³-hybridized carbons (Fsp3) is 0.476. The van der Waals surface area contributed by atoms with Crippen molar-refractivity contribution in [1.82, 2.24) is 4.90 Å². The average molecular weight is 323 g/mol. The van der Waals surface area contributed by atoms with E-state index < -0.39 is 0 Å². The Morgan fingerprint density at radius 1 is 1.04 bits per heavy atom. The third-order valence-corrected chi connectivity index (χ3v) is 5.79. The molecule has 1 unspecified atom stereocenters. The van der Waals surface area contributed by atoms with E-state index in [9.17, 15) is 9.90 Å². The summed E-state index contributed by atoms with van der Waals surface area (Å²) in [5.74, 6) is 0.445. The van der Waals surface area contributed by atoms with Crippen molar-refractivity contribution < 1.29 is 9.90 Å². The van der Waals surface area contributed by atoms with E-state index in [1.807, 2.05) is 36.4 Å². The second kappa shape index (κ2) is 6.66. The molecule has 3 heteroatoms. The Morgan fingerprint density at radius 2 is 1.83 bits per heavy atom. The van der Waals surface area contributed by atoms with E-state index in [-0.39, 0.29) is 12.5 Å². The summed E-state index contributed by atoms with van der Waals surface area (Å²) in [4.78, 5) is 15.5. The molecule has 1 atom stereocenters. The smallest absolute Gasteiger partial charge is 0.167 e. The molecule has 2 fully saturated rings. The van der Waals surface area contributed by atoms with Crippen LogP contribution in [0.5, 0.6) is 0 Å². The molecule has 2 aromatic rings. The highest BCUT2D eigenvalue weighted by atomic mass is 16.3. The molecule has 1 heterocycles. The Hall–Kier alpha value is -1.71. The number of aliphatic hydroxyl groups is 1. The topological polar surface area (TPSA) is 40.5 Å². The van der Waals surface area contributed by atoms with Crippen molar-refractivity contribution in [3.05, 3.63) is 47.5 Å². The van der Waals surface area contributed by atoms with Gasteiger partial charge in [0.05, 0.1) is 6.61 Å². The Kier molecular flexibility index (Phi) is 4.38. The molecule has 1 saturated heterocycles. The number of likely N-dealkylation sites (tertiary alicyclic amines) is 1. The number of rotatable bonds is 4. The number of aliphatic hydroxyl groups excluding tert-OH is 1. The van der Waals surface area contributed by atoms with E-state index in [0.29, 0.717) is 5.78 Å². The summed E-state index contributed by atoms with van der Waals surface area (Å²) in [7, 11) is 0. The van der Waals surface area contributed by atoms with Crippen LogP contribution in [0.3, 0.4) is 0 Å². The quantitative estimate of drug-likeness (QED) is 0.871. The van der Waals surface area contributed by atoms with Crippen molar-refractivity contribution in [3.8, 4) is 0 Å². The molecule has 1 N–H and O–H groups in total. The lowest BCUT2D eigenvalue weighted by atomic mass is 9.85. The molecular weight excluding hydrogens is 298 g/mol. The summed E-state index contributed by atoms with van der Waals surface area (Å²) >= 11 is 0. The predicted octanol–water partition coefficient (Wildman–Crippen LogP) is 3.78. The first-order valence-corrected chi connectivity index (χ1v) is 9.16. The minimum absolute atomic E-state index is 0.0513. The van der Waals surface area contributed by atoms with E-state index in [4.69, 9.17) is 0 Å². The van der Waals surface area contributed by atoms with Crippen LogP contribution in [0.2, 0.25) is 0 Å². The first-order valence-electron chi connectivity index (χ1n) is 9.16. The van der Waals surface area contributed by atoms with Crippen LogP contribution in [0.15, 0.2) is 36.4 Å². The van der Waals surface area contributed by atoms with Crippen LogP contribution in [0.25, 0.3) is 10.8 Å². The van der Waals surface area contributed by atoms with Gasteiger partial charge in [-0.25, -0.2) is 0 Å². The predicted molar refractivity (Wildman–Crippen MR) is 96.1 cm³/mol. The molecule has 2 aromatic carbocycles. The normalized spacial score (nSPS) is 22.5. The Balaban J connectivity index is 1.53. The summed E-state index contributed by atoms with van der Waals surface area (Å²) in [6, 6.07) is 12.6. The SMILES string of the molecule is O=C(c1ccc2cc(CO)ccc2c1)C1CCCN(C2CCC2)C1. The number of carbonyl (C=O) groups excluding carboxylic acids is 1. The highest BCUT2D eigenvalue weighted by molar-refractivity contribution is 6.01. The fourth-order valence-electron chi connectivity index (χ4n) is 4.09. The van der Waals surface area contributed by atoms with Crippen molar-refractivity contribution in [2.75, 3.05) is 13.1 Å². The zero-order valence-electron chi connectivity index (χ0n) is 14.1. The second-order valence-electron chi connectivity index (χ2n) is 7.34. The van der Waals surface area contributed by atoms with Crippen molar-refractivity contribution >= 4 is 16.6 Å². The average Bonchev–Trinajstić information content (AvgIpc) is 2.59. The molecule has 0 amide bonds. The molecule has 1 aliphatic heterocycles. The van der Waals surface area contributed by atoms with Crippen LogP contribution in [-0.2, 0) is 6.61 Å². The molecule has 1 aliphatic carbocycles. The lowest BCUT2D eigenvalue weighted by Gasteiger charge is -2.42. The van der Waals surface area contributed by atoms with Crippen LogP contribution >= 0.6 is 0 Å². The standard InChI is InChI=1S/C21H25NO2/c23-14-15-6-7-17-12-18(9-8-16(17)11-15)21(24)19-3-2-10-22(13-19)20-4-1-5-20/h6-9,11-12,19-20,23H,1-5,10,13-14H2. The van der Waals surface area contributed by atoms with Gasteiger partial charge in [-0.05, 0) is 60.7 Å². The van der Waals surface area contributed by atoms with Crippen molar-refractivity contribution in [2.45, 2.75) is 44.8 Å². The van der Waals surface area contributed by atoms with Gasteiger partial charge in [0.2, 0.25) is 0 Å². The van der Waals surface area contributed by atoms with Crippen molar-refractivity contribution in [2.24, 2.45) is 5.92 Å². The van der Waals surface area contributed by atoms with Gasteiger partial charge in [-0.1, -0.05) is 30.7 Å². The first kappa shape index (κ1) is 15.8. The minimum Gasteiger partial charge on any atom is -0.392 e. The molecule has 4 rings (SSSR count). The summed E-state index contributed by atoms with van der Waals surface area (Å²) in [5.41, 5.74) is 1.74. The number of hydrogen-bond acceptors (Lipinski definition) is 3. The number of ketones is 1. The Bertz CT molecular complexity index is 751. The van der Waals surface area contributed by atoms with Gasteiger partial charge >= 0.3 is 0 Å². The molecule has 0 radical (unpaired) electrons. The number of fused-ring (bicyclic) bond motifs is 1. The van der Waals surface area contributed by atoms with Crippen LogP contribution in [0.4, 0.5) is 0 Å². The molecule has 3 nitrogen and oxygen atoms in total. The number of hydrogen-bond donors (Lipinski definition) is 1. The molecule has 0 aromatic heterocycles. The highest BCUT2D eigenvalue weighted by Gasteiger charge is 2.32. The Morgan fingerprint density at radius 3 is 2.58 bits per heavy atom. The molecule has 0 bridgehead atoms. The molecule has 126 valence electrons. The maximum absolute atomic E-state index is 13.0. The largest absolute Gasteiger partial charge is 0.392 e. The summed E-state index contributed by atoms with van der Waals surface area (Å²) in [6.07, 6.45) is 6.12.